The minimum absolute atomic E-state index is 0.312. The van der Waals surface area contributed by atoms with Gasteiger partial charge in [-0.1, -0.05) is 0 Å². The van der Waals surface area contributed by atoms with Gasteiger partial charge in [-0.3, -0.25) is 0 Å². The lowest BCUT2D eigenvalue weighted by Crippen LogP contribution is -2.56. The van der Waals surface area contributed by atoms with Gasteiger partial charge in [0.1, 0.15) is 12.1 Å². The molecule has 1 aliphatic carbocycles. The molecule has 0 aromatic carbocycles. The molecule has 0 aromatic heterocycles. The van der Waals surface area contributed by atoms with Crippen LogP contribution < -0.4 is 5.32 Å². The number of amides is 1. The first kappa shape index (κ1) is 14.6. The Morgan fingerprint density at radius 1 is 1.33 bits per heavy atom. The zero-order valence-corrected chi connectivity index (χ0v) is 9.87. The van der Waals surface area contributed by atoms with E-state index < -0.39 is 29.7 Å². The number of alkyl carbamates (subject to hydrolysis) is 1. The van der Waals surface area contributed by atoms with Crippen molar-refractivity contribution in [3.8, 4) is 0 Å². The van der Waals surface area contributed by atoms with Crippen molar-refractivity contribution in [2.24, 2.45) is 5.41 Å². The van der Waals surface area contributed by atoms with Crippen molar-refractivity contribution in [3.63, 3.8) is 0 Å². The highest BCUT2D eigenvalue weighted by Gasteiger charge is 2.56. The molecule has 0 heterocycles. The van der Waals surface area contributed by atoms with Gasteiger partial charge in [0.15, 0.2) is 0 Å². The Kier molecular flexibility index (Phi) is 3.78. The Balaban J connectivity index is 2.75. The summed E-state index contributed by atoms with van der Waals surface area (Å²) in [7, 11) is 0. The van der Waals surface area contributed by atoms with Gasteiger partial charge in [0.2, 0.25) is 0 Å². The van der Waals surface area contributed by atoms with Crippen LogP contribution >= 0.6 is 0 Å². The molecule has 0 saturated heterocycles. The Labute approximate surface area is 101 Å². The smallest absolute Gasteiger partial charge is 0.408 e. The van der Waals surface area contributed by atoms with Crippen LogP contribution in [0, 0.1) is 5.41 Å². The number of carbonyl (C=O) groups is 2. The third-order valence-electron chi connectivity index (χ3n) is 2.76. The Morgan fingerprint density at radius 2 is 1.83 bits per heavy atom. The second kappa shape index (κ2) is 4.66. The number of hydrogen-bond acceptors (Lipinski definition) is 3. The molecule has 1 amide bonds. The quantitative estimate of drug-likeness (QED) is 0.817. The van der Waals surface area contributed by atoms with E-state index in [0.29, 0.717) is 26.7 Å². The maximum atomic E-state index is 12.7. The van der Waals surface area contributed by atoms with Crippen LogP contribution in [0.15, 0.2) is 0 Å². The van der Waals surface area contributed by atoms with Crippen LogP contribution in [0.5, 0.6) is 0 Å². The predicted octanol–water partition coefficient (Wildman–Crippen LogP) is 1.92. The number of ether oxygens (including phenoxy) is 1. The first-order chi connectivity index (χ1) is 8.05. The van der Waals surface area contributed by atoms with Gasteiger partial charge in [-0.15, -0.1) is 0 Å². The van der Waals surface area contributed by atoms with E-state index >= 15 is 0 Å². The van der Waals surface area contributed by atoms with Crippen LogP contribution in [0.25, 0.3) is 0 Å². The van der Waals surface area contributed by atoms with Gasteiger partial charge in [-0.25, -0.2) is 9.59 Å². The second-order valence-electron chi connectivity index (χ2n) is 4.74. The SMILES string of the molecule is CC(C)(C(NC(=O)OC1CC1)C(=O)O)C(F)(F)F. The zero-order valence-electron chi connectivity index (χ0n) is 9.87. The molecule has 0 radical (unpaired) electrons. The molecule has 1 unspecified atom stereocenters. The lowest BCUT2D eigenvalue weighted by Gasteiger charge is -2.33. The average molecular weight is 269 g/mol. The van der Waals surface area contributed by atoms with Crippen molar-refractivity contribution in [1.82, 2.24) is 5.32 Å². The van der Waals surface area contributed by atoms with Crippen molar-refractivity contribution >= 4 is 12.1 Å². The maximum absolute atomic E-state index is 12.7. The molecular weight excluding hydrogens is 255 g/mol. The van der Waals surface area contributed by atoms with Gasteiger partial charge < -0.3 is 15.2 Å². The van der Waals surface area contributed by atoms with Gasteiger partial charge in [-0.2, -0.15) is 13.2 Å². The largest absolute Gasteiger partial charge is 0.480 e. The number of carboxylic acid groups (broad SMARTS) is 1. The van der Waals surface area contributed by atoms with E-state index in [1.54, 1.807) is 5.32 Å². The van der Waals surface area contributed by atoms with Gasteiger partial charge in [0, 0.05) is 0 Å². The number of alkyl halides is 3. The number of aliphatic carboxylic acids is 1. The van der Waals surface area contributed by atoms with Gasteiger partial charge in [-0.05, 0) is 26.7 Å². The molecule has 18 heavy (non-hydrogen) atoms. The summed E-state index contributed by atoms with van der Waals surface area (Å²) in [6, 6.07) is -2.09. The summed E-state index contributed by atoms with van der Waals surface area (Å²) in [6.45, 7) is 1.42. The fourth-order valence-corrected chi connectivity index (χ4v) is 1.20. The first-order valence-corrected chi connectivity index (χ1v) is 5.32. The van der Waals surface area contributed by atoms with Crippen LogP contribution in [0.4, 0.5) is 18.0 Å². The van der Waals surface area contributed by atoms with Crippen molar-refractivity contribution in [1.29, 1.82) is 0 Å². The van der Waals surface area contributed by atoms with E-state index in [1.807, 2.05) is 0 Å². The van der Waals surface area contributed by atoms with E-state index in [4.69, 9.17) is 5.11 Å². The van der Waals surface area contributed by atoms with Crippen molar-refractivity contribution in [3.05, 3.63) is 0 Å². The lowest BCUT2D eigenvalue weighted by atomic mass is 9.83. The number of carboxylic acids is 1. The molecule has 0 aliphatic heterocycles. The standard InChI is InChI=1S/C10H14F3NO4/c1-9(2,10(11,12)13)6(7(15)16)14-8(17)18-5-3-4-5/h5-6H,3-4H2,1-2H3,(H,14,17)(H,15,16). The number of carbonyl (C=O) groups excluding carboxylic acids is 1. The van der Waals surface area contributed by atoms with Crippen LogP contribution in [-0.4, -0.2) is 35.5 Å². The molecule has 1 fully saturated rings. The molecule has 1 rings (SSSR count). The molecule has 2 N–H and O–H groups in total. The summed E-state index contributed by atoms with van der Waals surface area (Å²) < 4.78 is 42.8. The van der Waals surface area contributed by atoms with Crippen molar-refractivity contribution in [2.45, 2.75) is 45.0 Å². The van der Waals surface area contributed by atoms with E-state index in [2.05, 4.69) is 4.74 Å². The van der Waals surface area contributed by atoms with Gasteiger partial charge >= 0.3 is 18.2 Å². The summed E-state index contributed by atoms with van der Waals surface area (Å²) in [4.78, 5) is 22.1. The maximum Gasteiger partial charge on any atom is 0.408 e. The molecular formula is C10H14F3NO4. The summed E-state index contributed by atoms with van der Waals surface area (Å²) in [6.07, 6.45) is -4.92. The van der Waals surface area contributed by atoms with E-state index in [-0.39, 0.29) is 6.10 Å². The van der Waals surface area contributed by atoms with E-state index in [9.17, 15) is 22.8 Å². The molecule has 0 spiro atoms. The molecule has 0 bridgehead atoms. The minimum Gasteiger partial charge on any atom is -0.480 e. The highest BCUT2D eigenvalue weighted by atomic mass is 19.4. The molecule has 1 atom stereocenters. The number of rotatable bonds is 4. The summed E-state index contributed by atoms with van der Waals surface area (Å²) >= 11 is 0. The average Bonchev–Trinajstić information content (AvgIpc) is 2.95. The predicted molar refractivity (Wildman–Crippen MR) is 53.9 cm³/mol. The molecule has 5 nitrogen and oxygen atoms in total. The lowest BCUT2D eigenvalue weighted by molar-refractivity contribution is -0.223. The van der Waals surface area contributed by atoms with Crippen LogP contribution in [0.2, 0.25) is 0 Å². The first-order valence-electron chi connectivity index (χ1n) is 5.32. The van der Waals surface area contributed by atoms with Crippen molar-refractivity contribution in [2.75, 3.05) is 0 Å². The molecule has 104 valence electrons. The topological polar surface area (TPSA) is 75.6 Å². The third kappa shape index (κ3) is 3.27. The van der Waals surface area contributed by atoms with E-state index in [0.717, 1.165) is 0 Å². The number of nitrogens with one attached hydrogen (secondary N) is 1. The van der Waals surface area contributed by atoms with Gasteiger partial charge in [0.05, 0.1) is 5.41 Å². The fourth-order valence-electron chi connectivity index (χ4n) is 1.20. The summed E-state index contributed by atoms with van der Waals surface area (Å²) in [5.41, 5.74) is -2.60. The fraction of sp³-hybridized carbons (Fsp3) is 0.800. The molecule has 0 aromatic rings. The Bertz CT molecular complexity index is 350. The molecule has 8 heteroatoms. The van der Waals surface area contributed by atoms with E-state index in [1.165, 1.54) is 0 Å². The zero-order chi connectivity index (χ0) is 14.1. The molecule has 1 aliphatic rings. The normalized spacial score (nSPS) is 18.1. The number of halogens is 3. The Morgan fingerprint density at radius 3 is 2.17 bits per heavy atom. The van der Waals surface area contributed by atoms with Crippen LogP contribution in [-0.2, 0) is 9.53 Å². The highest BCUT2D eigenvalue weighted by molar-refractivity contribution is 5.81. The van der Waals surface area contributed by atoms with Crippen LogP contribution in [0.1, 0.15) is 26.7 Å². The Hall–Kier alpha value is -1.47. The van der Waals surface area contributed by atoms with Crippen LogP contribution in [0.3, 0.4) is 0 Å². The second-order valence-corrected chi connectivity index (χ2v) is 4.74. The third-order valence-corrected chi connectivity index (χ3v) is 2.76. The minimum atomic E-state index is -4.76. The molecule has 1 saturated carbocycles. The summed E-state index contributed by atoms with van der Waals surface area (Å²) in [5, 5.41) is 10.6. The van der Waals surface area contributed by atoms with Crippen molar-refractivity contribution < 1.29 is 32.6 Å². The highest BCUT2D eigenvalue weighted by Crippen LogP contribution is 2.40. The summed E-state index contributed by atoms with van der Waals surface area (Å²) in [5.74, 6) is -1.76. The monoisotopic (exact) mass is 269 g/mol. The van der Waals surface area contributed by atoms with Gasteiger partial charge in [0.25, 0.3) is 0 Å². The number of hydrogen-bond donors (Lipinski definition) is 2.